The number of nitrogens with one attached hydrogen (secondary N) is 1. The van der Waals surface area contributed by atoms with Crippen molar-refractivity contribution in [2.24, 2.45) is 0 Å². The molecule has 3 rings (SSSR count). The number of carbonyl (C=O) groups excluding carboxylic acids is 1. The molecule has 0 fully saturated rings. The van der Waals surface area contributed by atoms with Crippen molar-refractivity contribution in [2.75, 3.05) is 0 Å². The lowest BCUT2D eigenvalue weighted by molar-refractivity contribution is -0.137. The summed E-state index contributed by atoms with van der Waals surface area (Å²) >= 11 is 3.22. The average molecular weight is 407 g/mol. The van der Waals surface area contributed by atoms with Crippen LogP contribution in [0.5, 0.6) is 0 Å². The molecule has 0 unspecified atom stereocenters. The van der Waals surface area contributed by atoms with E-state index in [4.69, 9.17) is 0 Å². The van der Waals surface area contributed by atoms with Crippen molar-refractivity contribution in [3.63, 3.8) is 0 Å². The van der Waals surface area contributed by atoms with Crippen molar-refractivity contribution in [1.82, 2.24) is 5.32 Å². The van der Waals surface area contributed by atoms with Crippen LogP contribution in [-0.2, 0) is 18.5 Å². The van der Waals surface area contributed by atoms with Gasteiger partial charge in [-0.25, -0.2) is 0 Å². The number of carbonyl (C=O) groups is 1. The van der Waals surface area contributed by atoms with Gasteiger partial charge in [-0.3, -0.25) is 4.79 Å². The monoisotopic (exact) mass is 407 g/mol. The number of thiophene rings is 1. The lowest BCUT2D eigenvalue weighted by Gasteiger charge is -2.11. The summed E-state index contributed by atoms with van der Waals surface area (Å²) in [6.45, 7) is 0.0344. The zero-order chi connectivity index (χ0) is 19.3. The molecule has 0 aliphatic rings. The highest BCUT2D eigenvalue weighted by atomic mass is 32.2. The molecule has 0 bridgehead atoms. The second-order valence-corrected chi connectivity index (χ2v) is 7.79. The predicted molar refractivity (Wildman–Crippen MR) is 103 cm³/mol. The van der Waals surface area contributed by atoms with Crippen molar-refractivity contribution >= 4 is 29.0 Å². The van der Waals surface area contributed by atoms with Crippen molar-refractivity contribution in [1.29, 1.82) is 0 Å². The van der Waals surface area contributed by atoms with Gasteiger partial charge in [0, 0.05) is 22.1 Å². The molecule has 27 heavy (non-hydrogen) atoms. The Bertz CT molecular complexity index is 908. The van der Waals surface area contributed by atoms with Gasteiger partial charge >= 0.3 is 6.18 Å². The van der Waals surface area contributed by atoms with Crippen LogP contribution in [0.25, 0.3) is 0 Å². The molecule has 1 amide bonds. The summed E-state index contributed by atoms with van der Waals surface area (Å²) in [6.07, 6.45) is -4.40. The van der Waals surface area contributed by atoms with Gasteiger partial charge in [0.15, 0.2) is 0 Å². The number of rotatable bonds is 6. The smallest absolute Gasteiger partial charge is 0.348 e. The maximum atomic E-state index is 12.8. The van der Waals surface area contributed by atoms with Gasteiger partial charge in [-0.2, -0.15) is 13.2 Å². The Morgan fingerprint density at radius 2 is 1.85 bits per heavy atom. The third-order valence-electron chi connectivity index (χ3n) is 3.79. The van der Waals surface area contributed by atoms with Gasteiger partial charge < -0.3 is 5.32 Å². The summed E-state index contributed by atoms with van der Waals surface area (Å²) in [7, 11) is 0. The Morgan fingerprint density at radius 1 is 1.04 bits per heavy atom. The molecule has 7 heteroatoms. The van der Waals surface area contributed by atoms with Gasteiger partial charge in [0.1, 0.15) is 0 Å². The number of halogens is 3. The van der Waals surface area contributed by atoms with Crippen molar-refractivity contribution in [3.8, 4) is 0 Å². The summed E-state index contributed by atoms with van der Waals surface area (Å²) in [5.74, 6) is 0.456. The minimum atomic E-state index is -4.40. The van der Waals surface area contributed by atoms with E-state index in [0.717, 1.165) is 22.8 Å². The van der Waals surface area contributed by atoms with Crippen LogP contribution in [0.1, 0.15) is 26.4 Å². The molecule has 0 radical (unpaired) electrons. The van der Waals surface area contributed by atoms with E-state index in [2.05, 4.69) is 5.32 Å². The first kappa shape index (κ1) is 19.5. The van der Waals surface area contributed by atoms with E-state index in [9.17, 15) is 18.0 Å². The largest absolute Gasteiger partial charge is 0.416 e. The van der Waals surface area contributed by atoms with E-state index in [1.807, 2.05) is 29.6 Å². The normalized spacial score (nSPS) is 11.4. The molecule has 0 atom stereocenters. The van der Waals surface area contributed by atoms with E-state index in [1.165, 1.54) is 10.9 Å². The molecule has 2 aromatic carbocycles. The molecule has 0 saturated heterocycles. The number of benzene rings is 2. The fourth-order valence-corrected chi connectivity index (χ4v) is 4.28. The Kier molecular flexibility index (Phi) is 6.23. The molecular formula is C20H16F3NOS2. The number of amides is 1. The van der Waals surface area contributed by atoms with E-state index in [-0.39, 0.29) is 12.5 Å². The number of hydrogen-bond donors (Lipinski definition) is 1. The fourth-order valence-electron chi connectivity index (χ4n) is 2.46. The topological polar surface area (TPSA) is 29.1 Å². The Morgan fingerprint density at radius 3 is 2.59 bits per heavy atom. The van der Waals surface area contributed by atoms with Crippen LogP contribution >= 0.6 is 23.1 Å². The SMILES string of the molecule is O=C(NCc1cccc(C(F)(F)F)c1)c1ccccc1SCc1cccs1. The molecular weight excluding hydrogens is 391 g/mol. The van der Waals surface area contributed by atoms with Crippen molar-refractivity contribution in [3.05, 3.63) is 87.6 Å². The molecule has 0 saturated carbocycles. The van der Waals surface area contributed by atoms with Gasteiger partial charge in [-0.1, -0.05) is 30.3 Å². The summed E-state index contributed by atoms with van der Waals surface area (Å²) in [5.41, 5.74) is 0.203. The highest BCUT2D eigenvalue weighted by Crippen LogP contribution is 2.30. The third kappa shape index (κ3) is 5.37. The number of hydrogen-bond acceptors (Lipinski definition) is 3. The highest BCUT2D eigenvalue weighted by Gasteiger charge is 2.30. The fraction of sp³-hybridized carbons (Fsp3) is 0.150. The van der Waals surface area contributed by atoms with Crippen molar-refractivity contribution < 1.29 is 18.0 Å². The lowest BCUT2D eigenvalue weighted by Crippen LogP contribution is -2.23. The molecule has 3 aromatic rings. The summed E-state index contributed by atoms with van der Waals surface area (Å²) in [4.78, 5) is 14.6. The number of alkyl halides is 3. The Hall–Kier alpha value is -2.25. The molecule has 140 valence electrons. The first-order chi connectivity index (χ1) is 12.9. The highest BCUT2D eigenvalue weighted by molar-refractivity contribution is 7.98. The molecule has 0 spiro atoms. The molecule has 1 N–H and O–H groups in total. The van der Waals surface area contributed by atoms with E-state index in [0.29, 0.717) is 11.1 Å². The predicted octanol–water partition coefficient (Wildman–Crippen LogP) is 5.99. The molecule has 2 nitrogen and oxygen atoms in total. The van der Waals surface area contributed by atoms with Crippen LogP contribution in [0.3, 0.4) is 0 Å². The van der Waals surface area contributed by atoms with Gasteiger partial charge in [-0.05, 0) is 41.3 Å². The maximum Gasteiger partial charge on any atom is 0.416 e. The zero-order valence-electron chi connectivity index (χ0n) is 14.1. The van der Waals surface area contributed by atoms with Gasteiger partial charge in [0.05, 0.1) is 11.1 Å². The van der Waals surface area contributed by atoms with Crippen LogP contribution in [0.4, 0.5) is 13.2 Å². The van der Waals surface area contributed by atoms with Crippen LogP contribution in [-0.4, -0.2) is 5.91 Å². The molecule has 1 aromatic heterocycles. The minimum Gasteiger partial charge on any atom is -0.348 e. The van der Waals surface area contributed by atoms with E-state index < -0.39 is 11.7 Å². The van der Waals surface area contributed by atoms with E-state index >= 15 is 0 Å². The minimum absolute atomic E-state index is 0.0344. The molecule has 0 aliphatic heterocycles. The second kappa shape index (κ2) is 8.63. The standard InChI is InChI=1S/C20H16F3NOS2/c21-20(22,23)15-6-3-5-14(11-15)12-24-19(25)17-8-1-2-9-18(17)27-13-16-7-4-10-26-16/h1-11H,12-13H2,(H,24,25). The summed E-state index contributed by atoms with van der Waals surface area (Å²) in [6, 6.07) is 16.2. The maximum absolute atomic E-state index is 12.8. The van der Waals surface area contributed by atoms with Crippen LogP contribution in [0, 0.1) is 0 Å². The Labute approximate surface area is 163 Å². The first-order valence-corrected chi connectivity index (χ1v) is 9.98. The van der Waals surface area contributed by atoms with Crippen molar-refractivity contribution in [2.45, 2.75) is 23.4 Å². The number of thioether (sulfide) groups is 1. The lowest BCUT2D eigenvalue weighted by atomic mass is 10.1. The third-order valence-corrected chi connectivity index (χ3v) is 5.97. The average Bonchev–Trinajstić information content (AvgIpc) is 3.18. The summed E-state index contributed by atoms with van der Waals surface area (Å²) in [5, 5.41) is 4.71. The van der Waals surface area contributed by atoms with E-state index in [1.54, 1.807) is 41.3 Å². The van der Waals surface area contributed by atoms with Gasteiger partial charge in [0.25, 0.3) is 5.91 Å². The quantitative estimate of drug-likeness (QED) is 0.509. The van der Waals surface area contributed by atoms with Gasteiger partial charge in [0.2, 0.25) is 0 Å². The first-order valence-electron chi connectivity index (χ1n) is 8.12. The van der Waals surface area contributed by atoms with Gasteiger partial charge in [-0.15, -0.1) is 23.1 Å². The second-order valence-electron chi connectivity index (χ2n) is 5.75. The Balaban J connectivity index is 1.66. The molecule has 1 heterocycles. The summed E-state index contributed by atoms with van der Waals surface area (Å²) < 4.78 is 38.4. The van der Waals surface area contributed by atoms with Crippen LogP contribution < -0.4 is 5.32 Å². The van der Waals surface area contributed by atoms with Crippen LogP contribution in [0.15, 0.2) is 70.9 Å². The van der Waals surface area contributed by atoms with Crippen LogP contribution in [0.2, 0.25) is 0 Å². The molecule has 0 aliphatic carbocycles. The zero-order valence-corrected chi connectivity index (χ0v) is 15.8.